The zero-order valence-electron chi connectivity index (χ0n) is 10.8. The molecule has 0 amide bonds. The molecular weight excluding hydrogens is 223 g/mol. The molecule has 1 saturated carbocycles. The Morgan fingerprint density at radius 3 is 2.00 bits per heavy atom. The van der Waals surface area contributed by atoms with Crippen molar-refractivity contribution in [3.8, 4) is 0 Å². The maximum Gasteiger partial charge on any atom is 0.330 e. The van der Waals surface area contributed by atoms with Crippen molar-refractivity contribution in [3.63, 3.8) is 0 Å². The van der Waals surface area contributed by atoms with Gasteiger partial charge in [0.25, 0.3) is 0 Å². The van der Waals surface area contributed by atoms with Crippen LogP contribution in [-0.2, 0) is 13.6 Å². The first kappa shape index (κ1) is 14.2. The third kappa shape index (κ3) is 4.20. The third-order valence-electron chi connectivity index (χ3n) is 3.70. The van der Waals surface area contributed by atoms with E-state index in [1.165, 1.54) is 52.7 Å². The highest BCUT2D eigenvalue weighted by atomic mass is 31.2. The smallest absolute Gasteiger partial charge is 0.312 e. The van der Waals surface area contributed by atoms with E-state index in [4.69, 9.17) is 9.05 Å². The van der Waals surface area contributed by atoms with Crippen molar-refractivity contribution in [2.75, 3.05) is 20.4 Å². The van der Waals surface area contributed by atoms with Gasteiger partial charge in [0, 0.05) is 14.2 Å². The van der Waals surface area contributed by atoms with Crippen LogP contribution >= 0.6 is 7.60 Å². The van der Waals surface area contributed by atoms with Crippen molar-refractivity contribution >= 4 is 7.60 Å². The zero-order valence-corrected chi connectivity index (χ0v) is 11.7. The molecule has 0 aromatic carbocycles. The van der Waals surface area contributed by atoms with Gasteiger partial charge in [0.05, 0.1) is 6.16 Å². The van der Waals surface area contributed by atoms with Gasteiger partial charge in [0.2, 0.25) is 0 Å². The summed E-state index contributed by atoms with van der Waals surface area (Å²) in [6.45, 7) is 2.25. The van der Waals surface area contributed by atoms with E-state index in [2.05, 4.69) is 6.92 Å². The summed E-state index contributed by atoms with van der Waals surface area (Å²) in [4.78, 5) is 0. The minimum absolute atomic E-state index is 0.527. The number of rotatable bonds is 6. The molecule has 16 heavy (non-hydrogen) atoms. The van der Waals surface area contributed by atoms with Gasteiger partial charge in [-0.15, -0.1) is 0 Å². The van der Waals surface area contributed by atoms with Crippen molar-refractivity contribution < 1.29 is 13.6 Å². The molecule has 1 fully saturated rings. The van der Waals surface area contributed by atoms with E-state index < -0.39 is 7.60 Å². The summed E-state index contributed by atoms with van der Waals surface area (Å²) in [7, 11) is 0.174. The van der Waals surface area contributed by atoms with Gasteiger partial charge in [-0.1, -0.05) is 32.6 Å². The largest absolute Gasteiger partial charge is 0.330 e. The second-order valence-electron chi connectivity index (χ2n) is 4.83. The third-order valence-corrected chi connectivity index (χ3v) is 5.78. The first-order valence-electron chi connectivity index (χ1n) is 6.34. The predicted molar refractivity (Wildman–Crippen MR) is 66.8 cm³/mol. The summed E-state index contributed by atoms with van der Waals surface area (Å²) >= 11 is 0. The lowest BCUT2D eigenvalue weighted by molar-refractivity contribution is 0.242. The van der Waals surface area contributed by atoms with Gasteiger partial charge in [-0.3, -0.25) is 4.57 Å². The minimum atomic E-state index is -2.78. The summed E-state index contributed by atoms with van der Waals surface area (Å²) in [5.41, 5.74) is 0. The van der Waals surface area contributed by atoms with Crippen LogP contribution in [0.4, 0.5) is 0 Å². The topological polar surface area (TPSA) is 35.5 Å². The summed E-state index contributed by atoms with van der Waals surface area (Å²) in [6.07, 6.45) is 8.16. The van der Waals surface area contributed by atoms with Gasteiger partial charge in [-0.05, 0) is 24.7 Å². The maximum absolute atomic E-state index is 12.0. The second-order valence-corrected chi connectivity index (χ2v) is 7.15. The van der Waals surface area contributed by atoms with E-state index >= 15 is 0 Å². The molecule has 0 N–H and O–H groups in total. The standard InChI is InChI=1S/C12H25O3P/c1-4-5-11-6-8-12(9-7-11)10-16(13,14-2)15-3/h11-12H,4-10H2,1-3H3. The molecule has 0 unspecified atom stereocenters. The number of hydrogen-bond acceptors (Lipinski definition) is 3. The van der Waals surface area contributed by atoms with E-state index in [0.29, 0.717) is 12.1 Å². The van der Waals surface area contributed by atoms with Gasteiger partial charge in [-0.25, -0.2) is 0 Å². The molecule has 0 aromatic rings. The van der Waals surface area contributed by atoms with Gasteiger partial charge < -0.3 is 9.05 Å². The van der Waals surface area contributed by atoms with E-state index in [9.17, 15) is 4.57 Å². The van der Waals surface area contributed by atoms with Crippen molar-refractivity contribution in [2.45, 2.75) is 45.4 Å². The van der Waals surface area contributed by atoms with Crippen molar-refractivity contribution in [1.29, 1.82) is 0 Å². The normalized spacial score (nSPS) is 26.9. The highest BCUT2D eigenvalue weighted by Crippen LogP contribution is 2.50. The van der Waals surface area contributed by atoms with Crippen LogP contribution in [0.5, 0.6) is 0 Å². The fraction of sp³-hybridized carbons (Fsp3) is 1.00. The molecule has 0 radical (unpaired) electrons. The van der Waals surface area contributed by atoms with Crippen LogP contribution in [0, 0.1) is 11.8 Å². The predicted octanol–water partition coefficient (Wildman–Crippen LogP) is 4.08. The lowest BCUT2D eigenvalue weighted by Crippen LogP contribution is -2.18. The quantitative estimate of drug-likeness (QED) is 0.664. The average Bonchev–Trinajstić information content (AvgIpc) is 2.32. The van der Waals surface area contributed by atoms with Crippen LogP contribution < -0.4 is 0 Å². The Hall–Kier alpha value is 0.150. The lowest BCUT2D eigenvalue weighted by Gasteiger charge is -2.29. The zero-order chi connectivity index (χ0) is 12.0. The van der Waals surface area contributed by atoms with Gasteiger partial charge in [-0.2, -0.15) is 0 Å². The van der Waals surface area contributed by atoms with Crippen molar-refractivity contribution in [3.05, 3.63) is 0 Å². The van der Waals surface area contributed by atoms with Gasteiger partial charge >= 0.3 is 7.60 Å². The molecule has 0 saturated heterocycles. The minimum Gasteiger partial charge on any atom is -0.312 e. The maximum atomic E-state index is 12.0. The molecule has 1 rings (SSSR count). The lowest BCUT2D eigenvalue weighted by atomic mass is 9.81. The summed E-state index contributed by atoms with van der Waals surface area (Å²) in [6, 6.07) is 0. The molecule has 4 heteroatoms. The van der Waals surface area contributed by atoms with Gasteiger partial charge in [0.1, 0.15) is 0 Å². The van der Waals surface area contributed by atoms with Crippen LogP contribution in [0.2, 0.25) is 0 Å². The van der Waals surface area contributed by atoms with E-state index in [0.717, 1.165) is 5.92 Å². The Balaban J connectivity index is 2.34. The summed E-state index contributed by atoms with van der Waals surface area (Å²) < 4.78 is 22.0. The summed E-state index contributed by atoms with van der Waals surface area (Å²) in [5.74, 6) is 1.42. The van der Waals surface area contributed by atoms with Crippen LogP contribution in [-0.4, -0.2) is 20.4 Å². The Morgan fingerprint density at radius 1 is 1.06 bits per heavy atom. The molecule has 96 valence electrons. The van der Waals surface area contributed by atoms with Crippen LogP contribution in [0.15, 0.2) is 0 Å². The van der Waals surface area contributed by atoms with Crippen LogP contribution in [0.1, 0.15) is 45.4 Å². The Labute approximate surface area is 99.4 Å². The molecule has 0 aromatic heterocycles. The molecule has 1 aliphatic carbocycles. The monoisotopic (exact) mass is 248 g/mol. The molecule has 0 aliphatic heterocycles. The average molecular weight is 248 g/mol. The molecule has 0 heterocycles. The summed E-state index contributed by atoms with van der Waals surface area (Å²) in [5, 5.41) is 0. The van der Waals surface area contributed by atoms with Gasteiger partial charge in [0.15, 0.2) is 0 Å². The van der Waals surface area contributed by atoms with E-state index in [1.54, 1.807) is 0 Å². The highest BCUT2D eigenvalue weighted by Gasteiger charge is 2.29. The van der Waals surface area contributed by atoms with Crippen molar-refractivity contribution in [2.24, 2.45) is 11.8 Å². The fourth-order valence-corrected chi connectivity index (χ4v) is 4.10. The molecule has 0 atom stereocenters. The Morgan fingerprint density at radius 2 is 1.56 bits per heavy atom. The fourth-order valence-electron chi connectivity index (χ4n) is 2.65. The van der Waals surface area contributed by atoms with Crippen molar-refractivity contribution in [1.82, 2.24) is 0 Å². The molecule has 1 aliphatic rings. The Bertz CT molecular complexity index is 226. The molecule has 0 bridgehead atoms. The highest BCUT2D eigenvalue weighted by molar-refractivity contribution is 7.53. The number of hydrogen-bond donors (Lipinski definition) is 0. The van der Waals surface area contributed by atoms with Crippen LogP contribution in [0.25, 0.3) is 0 Å². The Kier molecular flexibility index (Phi) is 6.02. The SMILES string of the molecule is CCCC1CCC(CP(=O)(OC)OC)CC1. The molecule has 0 spiro atoms. The van der Waals surface area contributed by atoms with E-state index in [1.807, 2.05) is 0 Å². The first-order valence-corrected chi connectivity index (χ1v) is 8.06. The molecular formula is C12H25O3P. The first-order chi connectivity index (χ1) is 7.63. The van der Waals surface area contributed by atoms with E-state index in [-0.39, 0.29) is 0 Å². The molecule has 3 nitrogen and oxygen atoms in total. The second kappa shape index (κ2) is 6.78. The van der Waals surface area contributed by atoms with Crippen LogP contribution in [0.3, 0.4) is 0 Å².